The number of nitrogens with zero attached hydrogens (tertiary/aromatic N) is 2. The van der Waals surface area contributed by atoms with E-state index in [1.807, 2.05) is 13.0 Å². The minimum absolute atomic E-state index is 0.00685. The number of hydrogen-bond donors (Lipinski definition) is 2. The molecule has 1 aromatic rings. The lowest BCUT2D eigenvalue weighted by Gasteiger charge is -2.16. The van der Waals surface area contributed by atoms with E-state index in [2.05, 4.69) is 10.3 Å². The van der Waals surface area contributed by atoms with E-state index >= 15 is 0 Å². The van der Waals surface area contributed by atoms with E-state index in [4.69, 9.17) is 28.9 Å². The van der Waals surface area contributed by atoms with E-state index in [9.17, 15) is 4.79 Å². The van der Waals surface area contributed by atoms with Gasteiger partial charge < -0.3 is 16.0 Å². The van der Waals surface area contributed by atoms with Gasteiger partial charge in [0, 0.05) is 24.1 Å². The molecule has 1 atom stereocenters. The van der Waals surface area contributed by atoms with Gasteiger partial charge in [-0.05, 0) is 24.6 Å². The van der Waals surface area contributed by atoms with Crippen LogP contribution in [-0.4, -0.2) is 37.4 Å². The summed E-state index contributed by atoms with van der Waals surface area (Å²) in [6, 6.07) is 5.10. The van der Waals surface area contributed by atoms with Gasteiger partial charge in [0.1, 0.15) is 6.54 Å². The summed E-state index contributed by atoms with van der Waals surface area (Å²) in [6.45, 7) is 1.90. The average Bonchev–Trinajstić information content (AvgIpc) is 2.35. The van der Waals surface area contributed by atoms with Crippen molar-refractivity contribution < 1.29 is 4.79 Å². The van der Waals surface area contributed by atoms with E-state index < -0.39 is 0 Å². The molecule has 110 valence electrons. The Bertz CT molecular complexity index is 517. The Labute approximate surface area is 128 Å². The van der Waals surface area contributed by atoms with Crippen molar-refractivity contribution in [1.82, 2.24) is 10.2 Å². The minimum Gasteiger partial charge on any atom is -0.370 e. The number of rotatable bonds is 4. The number of aliphatic imine (C=N–C) groups is 1. The number of nitrogens with one attached hydrogen (secondary N) is 1. The number of carbonyl (C=O) groups excluding carboxylic acids is 1. The molecule has 0 aliphatic heterocycles. The highest BCUT2D eigenvalue weighted by molar-refractivity contribution is 6.35. The first kappa shape index (κ1) is 16.6. The molecule has 0 saturated heterocycles. The number of benzene rings is 1. The van der Waals surface area contributed by atoms with Gasteiger partial charge in [0.05, 0.1) is 6.04 Å². The van der Waals surface area contributed by atoms with Crippen LogP contribution in [0.25, 0.3) is 0 Å². The fourth-order valence-electron chi connectivity index (χ4n) is 1.49. The van der Waals surface area contributed by atoms with Crippen LogP contribution in [0.15, 0.2) is 23.2 Å². The molecule has 3 N–H and O–H groups in total. The largest absolute Gasteiger partial charge is 0.370 e. The summed E-state index contributed by atoms with van der Waals surface area (Å²) in [5.41, 5.74) is 6.59. The third-order valence-corrected chi connectivity index (χ3v) is 3.24. The number of likely N-dealkylation sites (N-methyl/N-ethyl adjacent to an activating group) is 1. The van der Waals surface area contributed by atoms with Crippen LogP contribution in [0, 0.1) is 0 Å². The zero-order valence-corrected chi connectivity index (χ0v) is 13.2. The predicted molar refractivity (Wildman–Crippen MR) is 83.2 cm³/mol. The summed E-state index contributed by atoms with van der Waals surface area (Å²) in [7, 11) is 3.33. The van der Waals surface area contributed by atoms with Crippen LogP contribution in [0.5, 0.6) is 0 Å². The van der Waals surface area contributed by atoms with Gasteiger partial charge in [0.15, 0.2) is 5.96 Å². The van der Waals surface area contributed by atoms with Gasteiger partial charge in [0.2, 0.25) is 5.91 Å². The number of nitrogens with two attached hydrogens (primary N) is 1. The number of halogens is 2. The summed E-state index contributed by atoms with van der Waals surface area (Å²) in [5.74, 6) is 0.0747. The second-order valence-electron chi connectivity index (χ2n) is 4.52. The predicted octanol–water partition coefficient (Wildman–Crippen LogP) is 2.05. The third kappa shape index (κ3) is 4.90. The monoisotopic (exact) mass is 316 g/mol. The lowest BCUT2D eigenvalue weighted by atomic mass is 10.1. The molecule has 0 saturated carbocycles. The van der Waals surface area contributed by atoms with Gasteiger partial charge in [-0.15, -0.1) is 0 Å². The smallest absolute Gasteiger partial charge is 0.243 e. The maximum absolute atomic E-state index is 11.4. The summed E-state index contributed by atoms with van der Waals surface area (Å²) in [4.78, 5) is 16.8. The highest BCUT2D eigenvalue weighted by Gasteiger charge is 2.11. The number of carbonyl (C=O) groups is 1. The van der Waals surface area contributed by atoms with Crippen molar-refractivity contribution in [3.05, 3.63) is 33.8 Å². The second-order valence-corrected chi connectivity index (χ2v) is 5.37. The number of guanidine groups is 1. The van der Waals surface area contributed by atoms with Gasteiger partial charge in [-0.1, -0.05) is 29.3 Å². The zero-order valence-electron chi connectivity index (χ0n) is 11.7. The molecule has 1 aromatic carbocycles. The quantitative estimate of drug-likeness (QED) is 0.659. The van der Waals surface area contributed by atoms with Gasteiger partial charge in [-0.2, -0.15) is 0 Å². The van der Waals surface area contributed by atoms with Crippen LogP contribution in [0.4, 0.5) is 0 Å². The SMILES string of the molecule is CC(NC(N)=NCC(=O)N(C)C)c1ccc(Cl)cc1Cl. The maximum atomic E-state index is 11.4. The second kappa shape index (κ2) is 7.36. The van der Waals surface area contributed by atoms with E-state index in [0.717, 1.165) is 5.56 Å². The minimum atomic E-state index is -0.141. The molecule has 0 aliphatic rings. The molecule has 1 unspecified atom stereocenters. The molecule has 7 heteroatoms. The van der Waals surface area contributed by atoms with Crippen molar-refractivity contribution in [2.24, 2.45) is 10.7 Å². The molecule has 20 heavy (non-hydrogen) atoms. The Morgan fingerprint density at radius 2 is 2.10 bits per heavy atom. The molecular formula is C13H18Cl2N4O. The zero-order chi connectivity index (χ0) is 15.3. The number of amides is 1. The summed E-state index contributed by atoms with van der Waals surface area (Å²) in [6.07, 6.45) is 0. The van der Waals surface area contributed by atoms with Crippen molar-refractivity contribution in [2.45, 2.75) is 13.0 Å². The summed E-state index contributed by atoms with van der Waals surface area (Å²) < 4.78 is 0. The van der Waals surface area contributed by atoms with Crippen molar-refractivity contribution in [3.8, 4) is 0 Å². The van der Waals surface area contributed by atoms with Gasteiger partial charge in [0.25, 0.3) is 0 Å². The van der Waals surface area contributed by atoms with E-state index in [1.54, 1.807) is 26.2 Å². The van der Waals surface area contributed by atoms with E-state index in [0.29, 0.717) is 10.0 Å². The highest BCUT2D eigenvalue weighted by Crippen LogP contribution is 2.25. The molecule has 5 nitrogen and oxygen atoms in total. The third-order valence-electron chi connectivity index (χ3n) is 2.68. The molecule has 0 fully saturated rings. The topological polar surface area (TPSA) is 70.7 Å². The Hall–Kier alpha value is -1.46. The standard InChI is InChI=1S/C13H18Cl2N4O/c1-8(10-5-4-9(14)6-11(10)15)18-13(16)17-7-12(20)19(2)3/h4-6,8H,7H2,1-3H3,(H3,16,17,18). The van der Waals surface area contributed by atoms with Gasteiger partial charge >= 0.3 is 0 Å². The Morgan fingerprint density at radius 1 is 1.45 bits per heavy atom. The van der Waals surface area contributed by atoms with Crippen LogP contribution in [0.1, 0.15) is 18.5 Å². The lowest BCUT2D eigenvalue weighted by molar-refractivity contribution is -0.127. The first-order valence-electron chi connectivity index (χ1n) is 6.02. The van der Waals surface area contributed by atoms with Crippen LogP contribution >= 0.6 is 23.2 Å². The fourth-order valence-corrected chi connectivity index (χ4v) is 2.06. The molecule has 0 aromatic heterocycles. The van der Waals surface area contributed by atoms with Crippen molar-refractivity contribution >= 4 is 35.1 Å². The molecule has 1 amide bonds. The maximum Gasteiger partial charge on any atom is 0.243 e. The average molecular weight is 317 g/mol. The molecule has 0 radical (unpaired) electrons. The van der Waals surface area contributed by atoms with Crippen LogP contribution in [-0.2, 0) is 4.79 Å². The molecule has 0 bridgehead atoms. The van der Waals surface area contributed by atoms with Gasteiger partial charge in [-0.25, -0.2) is 4.99 Å². The van der Waals surface area contributed by atoms with E-state index in [-0.39, 0.29) is 24.5 Å². The Morgan fingerprint density at radius 3 is 2.65 bits per heavy atom. The molecule has 0 aliphatic carbocycles. The summed E-state index contributed by atoms with van der Waals surface area (Å²) in [5, 5.41) is 4.10. The van der Waals surface area contributed by atoms with Crippen LogP contribution in [0.2, 0.25) is 10.0 Å². The van der Waals surface area contributed by atoms with Crippen LogP contribution < -0.4 is 11.1 Å². The van der Waals surface area contributed by atoms with Crippen molar-refractivity contribution in [1.29, 1.82) is 0 Å². The summed E-state index contributed by atoms with van der Waals surface area (Å²) >= 11 is 12.0. The van der Waals surface area contributed by atoms with Crippen molar-refractivity contribution in [3.63, 3.8) is 0 Å². The molecule has 0 spiro atoms. The van der Waals surface area contributed by atoms with Gasteiger partial charge in [-0.3, -0.25) is 4.79 Å². The first-order chi connectivity index (χ1) is 9.31. The highest BCUT2D eigenvalue weighted by atomic mass is 35.5. The molecular weight excluding hydrogens is 299 g/mol. The lowest BCUT2D eigenvalue weighted by Crippen LogP contribution is -2.35. The first-order valence-corrected chi connectivity index (χ1v) is 6.78. The normalized spacial score (nSPS) is 12.9. The van der Waals surface area contributed by atoms with E-state index in [1.165, 1.54) is 4.90 Å². The molecule has 0 heterocycles. The number of hydrogen-bond acceptors (Lipinski definition) is 2. The fraction of sp³-hybridized carbons (Fsp3) is 0.385. The van der Waals surface area contributed by atoms with Crippen molar-refractivity contribution in [2.75, 3.05) is 20.6 Å². The Kier molecular flexibility index (Phi) is 6.10. The molecule has 1 rings (SSSR count). The van der Waals surface area contributed by atoms with Crippen LogP contribution in [0.3, 0.4) is 0 Å². The Balaban J connectivity index is 2.67.